The second-order valence-electron chi connectivity index (χ2n) is 7.24. The number of rotatable bonds is 7. The molecule has 5 nitrogen and oxygen atoms in total. The van der Waals surface area contributed by atoms with Crippen LogP contribution >= 0.6 is 22.7 Å². The summed E-state index contributed by atoms with van der Waals surface area (Å²) in [5.74, 6) is 0.113. The number of thiazole rings is 1. The van der Waals surface area contributed by atoms with Gasteiger partial charge in [-0.2, -0.15) is 0 Å². The van der Waals surface area contributed by atoms with E-state index in [2.05, 4.69) is 42.0 Å². The van der Waals surface area contributed by atoms with E-state index in [-0.39, 0.29) is 12.0 Å². The second kappa shape index (κ2) is 8.59. The summed E-state index contributed by atoms with van der Waals surface area (Å²) in [6.45, 7) is 6.25. The van der Waals surface area contributed by atoms with Gasteiger partial charge >= 0.3 is 0 Å². The van der Waals surface area contributed by atoms with E-state index in [1.54, 1.807) is 22.7 Å². The van der Waals surface area contributed by atoms with E-state index in [9.17, 15) is 4.79 Å². The SMILES string of the molecule is Cc1ccc(C)n1-c1nc(CC(=O)N(Cc2cccs2)CC2CCCO2)cs1. The molecular formula is C21H25N3O2S2. The highest BCUT2D eigenvalue weighted by Gasteiger charge is 2.24. The fraction of sp³-hybridized carbons (Fsp3) is 0.429. The van der Waals surface area contributed by atoms with Gasteiger partial charge in [0, 0.05) is 34.8 Å². The van der Waals surface area contributed by atoms with E-state index >= 15 is 0 Å². The number of ether oxygens (including phenoxy) is 1. The molecule has 0 N–H and O–H groups in total. The Bertz CT molecular complexity index is 904. The van der Waals surface area contributed by atoms with Crippen molar-refractivity contribution in [3.8, 4) is 5.13 Å². The minimum absolute atomic E-state index is 0.113. The fourth-order valence-corrected chi connectivity index (χ4v) is 5.26. The Morgan fingerprint density at radius 1 is 1.29 bits per heavy atom. The summed E-state index contributed by atoms with van der Waals surface area (Å²) in [6.07, 6.45) is 2.59. The summed E-state index contributed by atoms with van der Waals surface area (Å²) >= 11 is 3.27. The molecule has 1 unspecified atom stereocenters. The molecule has 0 saturated carbocycles. The number of carbonyl (C=O) groups excluding carboxylic acids is 1. The van der Waals surface area contributed by atoms with Gasteiger partial charge in [0.1, 0.15) is 0 Å². The molecule has 0 aliphatic carbocycles. The predicted molar refractivity (Wildman–Crippen MR) is 113 cm³/mol. The van der Waals surface area contributed by atoms with Crippen LogP contribution in [0.3, 0.4) is 0 Å². The van der Waals surface area contributed by atoms with Crippen molar-refractivity contribution in [3.05, 3.63) is 57.0 Å². The van der Waals surface area contributed by atoms with Gasteiger partial charge < -0.3 is 9.64 Å². The molecule has 0 aromatic carbocycles. The highest BCUT2D eigenvalue weighted by molar-refractivity contribution is 7.12. The number of amides is 1. The third-order valence-electron chi connectivity index (χ3n) is 5.06. The molecule has 28 heavy (non-hydrogen) atoms. The average molecular weight is 416 g/mol. The second-order valence-corrected chi connectivity index (χ2v) is 9.11. The van der Waals surface area contributed by atoms with Crippen LogP contribution < -0.4 is 0 Å². The van der Waals surface area contributed by atoms with E-state index in [1.165, 1.54) is 4.88 Å². The molecule has 7 heteroatoms. The zero-order valence-electron chi connectivity index (χ0n) is 16.3. The van der Waals surface area contributed by atoms with Crippen molar-refractivity contribution in [1.82, 2.24) is 14.5 Å². The van der Waals surface area contributed by atoms with Gasteiger partial charge in [-0.1, -0.05) is 6.07 Å². The van der Waals surface area contributed by atoms with Crippen LogP contribution in [0.15, 0.2) is 35.0 Å². The van der Waals surface area contributed by atoms with Gasteiger partial charge in [-0.25, -0.2) is 4.98 Å². The molecule has 3 aromatic heterocycles. The minimum Gasteiger partial charge on any atom is -0.376 e. The van der Waals surface area contributed by atoms with Gasteiger partial charge in [-0.15, -0.1) is 22.7 Å². The monoisotopic (exact) mass is 415 g/mol. The van der Waals surface area contributed by atoms with E-state index in [0.29, 0.717) is 19.5 Å². The summed E-state index contributed by atoms with van der Waals surface area (Å²) in [5.41, 5.74) is 3.14. The maximum Gasteiger partial charge on any atom is 0.229 e. The van der Waals surface area contributed by atoms with E-state index < -0.39 is 0 Å². The van der Waals surface area contributed by atoms with Gasteiger partial charge in [-0.05, 0) is 50.3 Å². The molecular weight excluding hydrogens is 390 g/mol. The van der Waals surface area contributed by atoms with Crippen LogP contribution in [-0.4, -0.2) is 39.6 Å². The smallest absolute Gasteiger partial charge is 0.229 e. The standard InChI is InChI=1S/C21H25N3O2S2/c1-15-7-8-16(2)24(15)21-22-17(14-28-21)11-20(25)23(12-18-5-3-9-26-18)13-19-6-4-10-27-19/h4,6-8,10,14,18H,3,5,9,11-13H2,1-2H3. The largest absolute Gasteiger partial charge is 0.376 e. The van der Waals surface area contributed by atoms with Gasteiger partial charge in [0.25, 0.3) is 0 Å². The van der Waals surface area contributed by atoms with Gasteiger partial charge in [0.2, 0.25) is 5.91 Å². The topological polar surface area (TPSA) is 47.4 Å². The Labute approximate surface area is 173 Å². The Balaban J connectivity index is 1.47. The average Bonchev–Trinajstić information content (AvgIpc) is 3.44. The van der Waals surface area contributed by atoms with E-state index in [4.69, 9.17) is 9.72 Å². The first-order valence-electron chi connectivity index (χ1n) is 9.61. The number of nitrogens with zero attached hydrogens (tertiary/aromatic N) is 3. The molecule has 1 atom stereocenters. The summed E-state index contributed by atoms with van der Waals surface area (Å²) in [7, 11) is 0. The number of aromatic nitrogens is 2. The fourth-order valence-electron chi connectivity index (χ4n) is 3.60. The van der Waals surface area contributed by atoms with Crippen LogP contribution in [0.1, 0.15) is 34.8 Å². The van der Waals surface area contributed by atoms with Crippen molar-refractivity contribution >= 4 is 28.6 Å². The van der Waals surface area contributed by atoms with Gasteiger partial charge in [0.05, 0.1) is 24.8 Å². The zero-order valence-corrected chi connectivity index (χ0v) is 17.9. The normalized spacial score (nSPS) is 16.6. The van der Waals surface area contributed by atoms with Crippen LogP contribution in [0, 0.1) is 13.8 Å². The quantitative estimate of drug-likeness (QED) is 0.576. The van der Waals surface area contributed by atoms with Crippen molar-refractivity contribution in [3.63, 3.8) is 0 Å². The molecule has 4 rings (SSSR count). The molecule has 0 radical (unpaired) electrons. The maximum absolute atomic E-state index is 13.1. The van der Waals surface area contributed by atoms with Crippen LogP contribution in [0.4, 0.5) is 0 Å². The Morgan fingerprint density at radius 2 is 2.11 bits per heavy atom. The third-order valence-corrected chi connectivity index (χ3v) is 6.80. The number of hydrogen-bond acceptors (Lipinski definition) is 5. The lowest BCUT2D eigenvalue weighted by Gasteiger charge is -2.25. The first kappa shape index (κ1) is 19.4. The Hall–Kier alpha value is -1.96. The Kier molecular flexibility index (Phi) is 5.94. The first-order valence-corrected chi connectivity index (χ1v) is 11.4. The molecule has 1 amide bonds. The Morgan fingerprint density at radius 3 is 2.79 bits per heavy atom. The minimum atomic E-state index is 0.113. The summed E-state index contributed by atoms with van der Waals surface area (Å²) < 4.78 is 7.91. The lowest BCUT2D eigenvalue weighted by molar-refractivity contribution is -0.132. The molecule has 1 aliphatic heterocycles. The maximum atomic E-state index is 13.1. The number of hydrogen-bond donors (Lipinski definition) is 0. The number of aryl methyl sites for hydroxylation is 2. The van der Waals surface area contributed by atoms with Crippen molar-refractivity contribution in [2.75, 3.05) is 13.2 Å². The molecule has 1 fully saturated rings. The van der Waals surface area contributed by atoms with Crippen molar-refractivity contribution in [2.24, 2.45) is 0 Å². The van der Waals surface area contributed by atoms with E-state index in [1.807, 2.05) is 16.3 Å². The highest BCUT2D eigenvalue weighted by Crippen LogP contribution is 2.22. The van der Waals surface area contributed by atoms with Crippen molar-refractivity contribution in [2.45, 2.75) is 45.8 Å². The number of carbonyl (C=O) groups is 1. The van der Waals surface area contributed by atoms with Crippen LogP contribution in [-0.2, 0) is 22.5 Å². The molecule has 3 aromatic rings. The summed E-state index contributed by atoms with van der Waals surface area (Å²) in [5, 5.41) is 4.98. The lowest BCUT2D eigenvalue weighted by atomic mass is 10.2. The van der Waals surface area contributed by atoms with Crippen molar-refractivity contribution in [1.29, 1.82) is 0 Å². The molecule has 1 aliphatic rings. The predicted octanol–water partition coefficient (Wildman–Crippen LogP) is 4.36. The number of thiophene rings is 1. The lowest BCUT2D eigenvalue weighted by Crippen LogP contribution is -2.37. The highest BCUT2D eigenvalue weighted by atomic mass is 32.1. The van der Waals surface area contributed by atoms with Crippen LogP contribution in [0.2, 0.25) is 0 Å². The third kappa shape index (κ3) is 4.37. The first-order chi connectivity index (χ1) is 13.6. The van der Waals surface area contributed by atoms with Gasteiger partial charge in [-0.3, -0.25) is 9.36 Å². The zero-order chi connectivity index (χ0) is 19.5. The molecule has 0 spiro atoms. The molecule has 0 bridgehead atoms. The van der Waals surface area contributed by atoms with Crippen LogP contribution in [0.5, 0.6) is 0 Å². The molecule has 1 saturated heterocycles. The van der Waals surface area contributed by atoms with Gasteiger partial charge in [0.15, 0.2) is 5.13 Å². The summed E-state index contributed by atoms with van der Waals surface area (Å²) in [4.78, 5) is 21.0. The van der Waals surface area contributed by atoms with Crippen LogP contribution in [0.25, 0.3) is 5.13 Å². The molecule has 4 heterocycles. The van der Waals surface area contributed by atoms with E-state index in [0.717, 1.165) is 41.7 Å². The summed E-state index contributed by atoms with van der Waals surface area (Å²) in [6, 6.07) is 8.29. The van der Waals surface area contributed by atoms with Crippen molar-refractivity contribution < 1.29 is 9.53 Å². The molecule has 148 valence electrons.